The summed E-state index contributed by atoms with van der Waals surface area (Å²) in [5.41, 5.74) is 4.05. The van der Waals surface area contributed by atoms with Crippen LogP contribution in [0.25, 0.3) is 0 Å². The molecule has 5 saturated carbocycles. The van der Waals surface area contributed by atoms with Gasteiger partial charge in [-0.3, -0.25) is 0 Å². The van der Waals surface area contributed by atoms with E-state index in [-0.39, 0.29) is 10.8 Å². The first-order valence-corrected chi connectivity index (χ1v) is 13.2. The predicted octanol–water partition coefficient (Wildman–Crippen LogP) is 9.24. The molecule has 5 fully saturated rings. The van der Waals surface area contributed by atoms with Gasteiger partial charge in [-0.05, 0) is 70.4 Å². The van der Waals surface area contributed by atoms with Crippen LogP contribution in [-0.4, -0.2) is 0 Å². The van der Waals surface area contributed by atoms with Crippen LogP contribution < -0.4 is 0 Å². The zero-order chi connectivity index (χ0) is 24.5. The molecule has 0 saturated heterocycles. The van der Waals surface area contributed by atoms with E-state index in [0.717, 1.165) is 0 Å². The molecule has 0 heteroatoms. The van der Waals surface area contributed by atoms with Crippen LogP contribution in [0, 0.1) is 70.4 Å². The molecule has 0 nitrogen and oxygen atoms in total. The summed E-state index contributed by atoms with van der Waals surface area (Å²) in [4.78, 5) is 0. The molecule has 0 aromatic carbocycles. The number of hydrogen-bond donors (Lipinski definition) is 0. The van der Waals surface area contributed by atoms with E-state index >= 15 is 0 Å². The highest BCUT2D eigenvalue weighted by atomic mass is 15.2. The first kappa shape index (κ1) is 22.8. The highest BCUT2D eigenvalue weighted by Crippen LogP contribution is 3.16. The molecule has 5 rings (SSSR count). The molecule has 178 valence electrons. The average Bonchev–Trinajstić information content (AvgIpc) is 2.72. The number of fused-ring (bicyclic) bond motifs is 9. The van der Waals surface area contributed by atoms with E-state index in [9.17, 15) is 0 Å². The SMILES string of the molecule is CC1(C)C(C)(C)C2(C)C1(C)C(C)(C)C1(C)C2(C)C2(C)C3(C)C(C)(C)C(C)(C)C3(C)C12C. The van der Waals surface area contributed by atoms with E-state index in [0.29, 0.717) is 59.6 Å². The van der Waals surface area contributed by atoms with Gasteiger partial charge in [0.05, 0.1) is 0 Å². The standard InChI is InChI=1S/C31H54/c1-19(2)20(3,4)25(12)24(19,11)23(9,10)28(15)29(25,16)31(18)27(14)22(7,8)21(5,6)26(27,13)30(28,31)17/h1-18H3. The molecule has 8 atom stereocenters. The molecule has 0 radical (unpaired) electrons. The molecule has 0 amide bonds. The molecular weight excluding hydrogens is 372 g/mol. The minimum Gasteiger partial charge on any atom is -0.0588 e. The van der Waals surface area contributed by atoms with Gasteiger partial charge in [-0.2, -0.15) is 0 Å². The smallest absolute Gasteiger partial charge is 0.0131 e. The van der Waals surface area contributed by atoms with Crippen molar-refractivity contribution >= 4 is 0 Å². The Kier molecular flexibility index (Phi) is 3.05. The van der Waals surface area contributed by atoms with Gasteiger partial charge in [-0.15, -0.1) is 0 Å². The van der Waals surface area contributed by atoms with Crippen molar-refractivity contribution in [2.24, 2.45) is 70.4 Å². The van der Waals surface area contributed by atoms with E-state index in [1.54, 1.807) is 0 Å². The lowest BCUT2D eigenvalue weighted by atomic mass is 8.95. The Bertz CT molecular complexity index is 961. The van der Waals surface area contributed by atoms with Crippen LogP contribution in [0.15, 0.2) is 0 Å². The fourth-order valence-corrected chi connectivity index (χ4v) is 16.3. The fraction of sp³-hybridized carbons (Fsp3) is 1.00. The summed E-state index contributed by atoms with van der Waals surface area (Å²) in [5, 5.41) is 0. The summed E-state index contributed by atoms with van der Waals surface area (Å²) < 4.78 is 0. The summed E-state index contributed by atoms with van der Waals surface area (Å²) in [6.07, 6.45) is 0. The molecule has 0 aromatic rings. The van der Waals surface area contributed by atoms with Crippen LogP contribution >= 0.6 is 0 Å². The lowest BCUT2D eigenvalue weighted by Crippen LogP contribution is -3.05. The highest BCUT2D eigenvalue weighted by Gasteiger charge is 3.13. The summed E-state index contributed by atoms with van der Waals surface area (Å²) in [6, 6.07) is 0. The van der Waals surface area contributed by atoms with Gasteiger partial charge in [0.1, 0.15) is 0 Å². The maximum atomic E-state index is 2.78. The summed E-state index contributed by atoms with van der Waals surface area (Å²) >= 11 is 0. The van der Waals surface area contributed by atoms with Gasteiger partial charge in [0.2, 0.25) is 0 Å². The van der Waals surface area contributed by atoms with Gasteiger partial charge in [0, 0.05) is 0 Å². The van der Waals surface area contributed by atoms with Gasteiger partial charge in [0.25, 0.3) is 0 Å². The van der Waals surface area contributed by atoms with Gasteiger partial charge < -0.3 is 0 Å². The third kappa shape index (κ3) is 1.00. The van der Waals surface area contributed by atoms with Crippen LogP contribution in [0.2, 0.25) is 0 Å². The van der Waals surface area contributed by atoms with Crippen LogP contribution in [0.1, 0.15) is 125 Å². The molecule has 0 bridgehead atoms. The average molecular weight is 427 g/mol. The predicted molar refractivity (Wildman–Crippen MR) is 134 cm³/mol. The summed E-state index contributed by atoms with van der Waals surface area (Å²) in [6.45, 7) is 48.2. The normalized spacial score (nSPS) is 66.8. The van der Waals surface area contributed by atoms with Crippen molar-refractivity contribution in [2.75, 3.05) is 0 Å². The van der Waals surface area contributed by atoms with Gasteiger partial charge in [0.15, 0.2) is 0 Å². The first-order chi connectivity index (χ1) is 13.2. The Hall–Kier alpha value is 0. The van der Waals surface area contributed by atoms with E-state index in [2.05, 4.69) is 125 Å². The van der Waals surface area contributed by atoms with Crippen molar-refractivity contribution in [1.82, 2.24) is 0 Å². The zero-order valence-corrected chi connectivity index (χ0v) is 24.5. The largest absolute Gasteiger partial charge is 0.0588 e. The van der Waals surface area contributed by atoms with Crippen molar-refractivity contribution in [3.8, 4) is 0 Å². The molecule has 5 aliphatic rings. The van der Waals surface area contributed by atoms with Crippen molar-refractivity contribution in [1.29, 1.82) is 0 Å². The third-order valence-corrected chi connectivity index (χ3v) is 19.6. The van der Waals surface area contributed by atoms with Gasteiger partial charge in [-0.25, -0.2) is 0 Å². The first-order valence-electron chi connectivity index (χ1n) is 13.2. The van der Waals surface area contributed by atoms with Crippen molar-refractivity contribution in [2.45, 2.75) is 125 Å². The topological polar surface area (TPSA) is 0 Å². The Labute approximate surface area is 195 Å². The Morgan fingerprint density at radius 2 is 0.323 bits per heavy atom. The minimum atomic E-state index is 0.261. The maximum absolute atomic E-state index is 2.78. The lowest BCUT2D eigenvalue weighted by Gasteiger charge is -3.08. The molecule has 0 spiro atoms. The Morgan fingerprint density at radius 3 is 0.613 bits per heavy atom. The summed E-state index contributed by atoms with van der Waals surface area (Å²) in [5.74, 6) is 0. The maximum Gasteiger partial charge on any atom is -0.0131 e. The van der Waals surface area contributed by atoms with Crippen molar-refractivity contribution in [3.05, 3.63) is 0 Å². The Balaban J connectivity index is 1.94. The van der Waals surface area contributed by atoms with E-state index < -0.39 is 0 Å². The zero-order valence-electron chi connectivity index (χ0n) is 24.5. The van der Waals surface area contributed by atoms with Gasteiger partial charge in [-0.1, -0.05) is 125 Å². The van der Waals surface area contributed by atoms with Crippen LogP contribution in [0.4, 0.5) is 0 Å². The van der Waals surface area contributed by atoms with Crippen molar-refractivity contribution in [3.63, 3.8) is 0 Å². The monoisotopic (exact) mass is 426 g/mol. The Morgan fingerprint density at radius 1 is 0.161 bits per heavy atom. The lowest BCUT2D eigenvalue weighted by molar-refractivity contribution is -0.623. The third-order valence-electron chi connectivity index (χ3n) is 19.6. The highest BCUT2D eigenvalue weighted by molar-refractivity contribution is 5.59. The fourth-order valence-electron chi connectivity index (χ4n) is 16.3. The molecule has 0 aromatic heterocycles. The molecule has 8 unspecified atom stereocenters. The second kappa shape index (κ2) is 4.15. The molecule has 0 aliphatic heterocycles. The molecule has 31 heavy (non-hydrogen) atoms. The van der Waals surface area contributed by atoms with Crippen LogP contribution in [0.3, 0.4) is 0 Å². The second-order valence-corrected chi connectivity index (χ2v) is 17.1. The van der Waals surface area contributed by atoms with E-state index in [4.69, 9.17) is 0 Å². The number of hydrogen-bond acceptors (Lipinski definition) is 0. The molecule has 0 N–H and O–H groups in total. The van der Waals surface area contributed by atoms with Gasteiger partial charge >= 0.3 is 0 Å². The van der Waals surface area contributed by atoms with E-state index in [1.807, 2.05) is 0 Å². The second-order valence-electron chi connectivity index (χ2n) is 17.1. The van der Waals surface area contributed by atoms with Crippen LogP contribution in [-0.2, 0) is 0 Å². The minimum absolute atomic E-state index is 0.261. The number of rotatable bonds is 0. The molecular formula is C31H54. The quantitative estimate of drug-likeness (QED) is 0.362. The van der Waals surface area contributed by atoms with E-state index in [1.165, 1.54) is 0 Å². The summed E-state index contributed by atoms with van der Waals surface area (Å²) in [7, 11) is 0. The molecule has 5 aliphatic carbocycles. The molecule has 0 heterocycles. The van der Waals surface area contributed by atoms with Crippen LogP contribution in [0.5, 0.6) is 0 Å². The van der Waals surface area contributed by atoms with Crippen molar-refractivity contribution < 1.29 is 0 Å².